The van der Waals surface area contributed by atoms with Gasteiger partial charge in [-0.1, -0.05) is 184 Å². The molecule has 51 heavy (non-hydrogen) atoms. The molecule has 0 aromatic heterocycles. The zero-order valence-corrected chi connectivity index (χ0v) is 33.9. The second kappa shape index (κ2) is 44.3. The fourth-order valence-corrected chi connectivity index (χ4v) is 6.08. The van der Waals surface area contributed by atoms with Crippen molar-refractivity contribution in [2.75, 3.05) is 19.8 Å². The van der Waals surface area contributed by atoms with Crippen LogP contribution in [0, 0.1) is 0 Å². The van der Waals surface area contributed by atoms with Crippen molar-refractivity contribution in [3.8, 4) is 0 Å². The lowest BCUT2D eigenvalue weighted by atomic mass is 10.1. The Morgan fingerprint density at radius 2 is 0.882 bits per heavy atom. The Balaban J connectivity index is 3.47. The molecule has 0 spiro atoms. The van der Waals surface area contributed by atoms with Crippen molar-refractivity contribution in [3.63, 3.8) is 0 Å². The van der Waals surface area contributed by atoms with Crippen molar-refractivity contribution in [2.24, 2.45) is 0 Å². The Kier molecular flexibility index (Phi) is 42.6. The van der Waals surface area contributed by atoms with Gasteiger partial charge in [0.1, 0.15) is 6.10 Å². The molecule has 0 saturated carbocycles. The van der Waals surface area contributed by atoms with Crippen LogP contribution in [0.2, 0.25) is 0 Å². The van der Waals surface area contributed by atoms with Gasteiger partial charge in [-0.05, 0) is 77.0 Å². The summed E-state index contributed by atoms with van der Waals surface area (Å²) in [5.74, 6) is -0.210. The normalized spacial score (nSPS) is 12.9. The topological polar surface area (TPSA) is 55.8 Å². The van der Waals surface area contributed by atoms with E-state index in [0.717, 1.165) is 57.8 Å². The highest BCUT2D eigenvalue weighted by Gasteiger charge is 2.13. The Morgan fingerprint density at radius 1 is 0.490 bits per heavy atom. The molecule has 4 heteroatoms. The van der Waals surface area contributed by atoms with E-state index < -0.39 is 6.10 Å². The molecule has 0 amide bonds. The highest BCUT2D eigenvalue weighted by molar-refractivity contribution is 5.69. The lowest BCUT2D eigenvalue weighted by Crippen LogP contribution is -2.27. The van der Waals surface area contributed by atoms with Crippen molar-refractivity contribution in [2.45, 2.75) is 213 Å². The van der Waals surface area contributed by atoms with Crippen molar-refractivity contribution in [1.82, 2.24) is 0 Å². The van der Waals surface area contributed by atoms with Gasteiger partial charge in [-0.25, -0.2) is 0 Å². The van der Waals surface area contributed by atoms with Gasteiger partial charge < -0.3 is 14.6 Å². The minimum atomic E-state index is -0.547. The highest BCUT2D eigenvalue weighted by Crippen LogP contribution is 2.14. The first-order chi connectivity index (χ1) is 25.2. The number of carbonyl (C=O) groups excluding carboxylic acids is 1. The van der Waals surface area contributed by atoms with Crippen molar-refractivity contribution >= 4 is 5.97 Å². The molecule has 0 aliphatic heterocycles. The molecule has 0 aliphatic carbocycles. The largest absolute Gasteiger partial charge is 0.457 e. The smallest absolute Gasteiger partial charge is 0.306 e. The Labute approximate surface area is 317 Å². The Bertz CT molecular complexity index is 839. The third kappa shape index (κ3) is 42.4. The lowest BCUT2D eigenvalue weighted by Gasteiger charge is -2.15. The average molecular weight is 713 g/mol. The second-order valence-electron chi connectivity index (χ2n) is 14.4. The quantitative estimate of drug-likeness (QED) is 0.0390. The van der Waals surface area contributed by atoms with Gasteiger partial charge in [0, 0.05) is 13.0 Å². The van der Waals surface area contributed by atoms with Gasteiger partial charge in [-0.15, -0.1) is 0 Å². The summed E-state index contributed by atoms with van der Waals surface area (Å²) in [7, 11) is 0. The third-order valence-corrected chi connectivity index (χ3v) is 9.33. The van der Waals surface area contributed by atoms with E-state index in [2.05, 4.69) is 74.6 Å². The van der Waals surface area contributed by atoms with Crippen LogP contribution in [0.4, 0.5) is 0 Å². The Morgan fingerprint density at radius 3 is 1.35 bits per heavy atom. The molecule has 1 N–H and O–H groups in total. The zero-order chi connectivity index (χ0) is 37.0. The standard InChI is InChI=1S/C47H84O4/c1-3-5-7-9-11-13-15-17-19-21-23-24-25-26-28-30-32-34-36-38-40-42-47(49)51-46(44-48)45-50-43-41-39-37-35-33-31-29-27-22-20-18-16-14-12-10-8-6-4-2/h6,8,12,14,18,20-21,23,27,29,46,48H,3-5,7,9-11,13,15-17,19,22,24-26,28,30-45H2,1-2H3/b8-6-,14-12-,20-18-,23-21-,29-27-. The van der Waals surface area contributed by atoms with Crippen molar-refractivity contribution in [3.05, 3.63) is 60.8 Å². The van der Waals surface area contributed by atoms with Crippen molar-refractivity contribution < 1.29 is 19.4 Å². The number of aliphatic hydroxyl groups excluding tert-OH is 1. The number of rotatable bonds is 40. The summed E-state index contributed by atoms with van der Waals surface area (Å²) in [5, 5.41) is 9.61. The van der Waals surface area contributed by atoms with Crippen LogP contribution in [0.25, 0.3) is 0 Å². The summed E-state index contributed by atoms with van der Waals surface area (Å²) >= 11 is 0. The summed E-state index contributed by atoms with van der Waals surface area (Å²) in [6.07, 6.45) is 58.5. The zero-order valence-electron chi connectivity index (χ0n) is 33.9. The maximum absolute atomic E-state index is 12.2. The number of carbonyl (C=O) groups is 1. The summed E-state index contributed by atoms with van der Waals surface area (Å²) < 4.78 is 11.2. The van der Waals surface area contributed by atoms with E-state index in [1.807, 2.05) is 0 Å². The van der Waals surface area contributed by atoms with Gasteiger partial charge in [-0.2, -0.15) is 0 Å². The molecule has 0 bridgehead atoms. The van der Waals surface area contributed by atoms with E-state index in [1.165, 1.54) is 128 Å². The fraction of sp³-hybridized carbons (Fsp3) is 0.766. The molecule has 1 atom stereocenters. The number of aliphatic hydroxyl groups is 1. The van der Waals surface area contributed by atoms with Gasteiger partial charge in [-0.3, -0.25) is 4.79 Å². The van der Waals surface area contributed by atoms with Gasteiger partial charge in [0.2, 0.25) is 0 Å². The van der Waals surface area contributed by atoms with Crippen LogP contribution < -0.4 is 0 Å². The molecule has 296 valence electrons. The molecular weight excluding hydrogens is 629 g/mol. The van der Waals surface area contributed by atoms with Crippen LogP contribution in [0.3, 0.4) is 0 Å². The monoisotopic (exact) mass is 713 g/mol. The van der Waals surface area contributed by atoms with E-state index in [0.29, 0.717) is 13.0 Å². The molecule has 0 heterocycles. The second-order valence-corrected chi connectivity index (χ2v) is 14.4. The predicted octanol–water partition coefficient (Wildman–Crippen LogP) is 14.4. The van der Waals surface area contributed by atoms with Crippen LogP contribution in [0.5, 0.6) is 0 Å². The Hall–Kier alpha value is -1.91. The molecular formula is C47H84O4. The van der Waals surface area contributed by atoms with Gasteiger partial charge >= 0.3 is 5.97 Å². The molecule has 0 saturated heterocycles. The number of unbranched alkanes of at least 4 members (excludes halogenated alkanes) is 22. The molecule has 0 radical (unpaired) electrons. The van der Waals surface area contributed by atoms with Crippen LogP contribution in [0.15, 0.2) is 60.8 Å². The van der Waals surface area contributed by atoms with Crippen LogP contribution in [0.1, 0.15) is 206 Å². The summed E-state index contributed by atoms with van der Waals surface area (Å²) in [6, 6.07) is 0. The number of esters is 1. The van der Waals surface area contributed by atoms with Crippen LogP contribution in [-0.2, 0) is 14.3 Å². The van der Waals surface area contributed by atoms with Gasteiger partial charge in [0.25, 0.3) is 0 Å². The summed E-state index contributed by atoms with van der Waals surface area (Å²) in [6.45, 7) is 5.20. The maximum atomic E-state index is 12.2. The lowest BCUT2D eigenvalue weighted by molar-refractivity contribution is -0.154. The van der Waals surface area contributed by atoms with Crippen LogP contribution >= 0.6 is 0 Å². The molecule has 0 aromatic carbocycles. The minimum absolute atomic E-state index is 0.182. The van der Waals surface area contributed by atoms with E-state index in [9.17, 15) is 9.90 Å². The molecule has 0 fully saturated rings. The average Bonchev–Trinajstić information content (AvgIpc) is 3.14. The van der Waals surface area contributed by atoms with Crippen molar-refractivity contribution in [1.29, 1.82) is 0 Å². The number of ether oxygens (including phenoxy) is 2. The van der Waals surface area contributed by atoms with Gasteiger partial charge in [0.15, 0.2) is 0 Å². The fourth-order valence-electron chi connectivity index (χ4n) is 6.08. The molecule has 1 unspecified atom stereocenters. The first kappa shape index (κ1) is 49.1. The minimum Gasteiger partial charge on any atom is -0.457 e. The van der Waals surface area contributed by atoms with Gasteiger partial charge in [0.05, 0.1) is 13.2 Å². The first-order valence-corrected chi connectivity index (χ1v) is 21.9. The SMILES string of the molecule is CC/C=C\C/C=C\C/C=C\C/C=C\CCCCCCCOCC(CO)OC(=O)CCCCCCCCCCC/C=C\CCCCCCCCCC. The maximum Gasteiger partial charge on any atom is 0.306 e. The summed E-state index contributed by atoms with van der Waals surface area (Å²) in [4.78, 5) is 12.2. The highest BCUT2D eigenvalue weighted by atomic mass is 16.6. The number of allylic oxidation sites excluding steroid dienone is 10. The molecule has 0 aliphatic rings. The molecule has 0 aromatic rings. The predicted molar refractivity (Wildman–Crippen MR) is 223 cm³/mol. The number of hydrogen-bond donors (Lipinski definition) is 1. The van der Waals surface area contributed by atoms with E-state index in [1.54, 1.807) is 0 Å². The van der Waals surface area contributed by atoms with E-state index >= 15 is 0 Å². The summed E-state index contributed by atoms with van der Waals surface area (Å²) in [5.41, 5.74) is 0. The van der Waals surface area contributed by atoms with Crippen LogP contribution in [-0.4, -0.2) is 37.0 Å². The van der Waals surface area contributed by atoms with E-state index in [-0.39, 0.29) is 19.2 Å². The number of hydrogen-bond acceptors (Lipinski definition) is 4. The molecule has 0 rings (SSSR count). The van der Waals surface area contributed by atoms with E-state index in [4.69, 9.17) is 9.47 Å². The first-order valence-electron chi connectivity index (χ1n) is 21.9. The molecule has 4 nitrogen and oxygen atoms in total. The third-order valence-electron chi connectivity index (χ3n) is 9.33.